The van der Waals surface area contributed by atoms with Crippen molar-refractivity contribution in [1.82, 2.24) is 16.0 Å². The molecule has 0 aliphatic rings. The third-order valence-electron chi connectivity index (χ3n) is 3.46. The molecule has 3 amide bonds. The lowest BCUT2D eigenvalue weighted by atomic mass is 10.1. The monoisotopic (exact) mass is 406 g/mol. The molecule has 0 radical (unpaired) electrons. The first-order chi connectivity index (χ1) is 12.6. The van der Waals surface area contributed by atoms with Crippen LogP contribution in [0.15, 0.2) is 0 Å². The second-order valence-electron chi connectivity index (χ2n) is 5.67. The van der Waals surface area contributed by atoms with Gasteiger partial charge in [-0.25, -0.2) is 4.79 Å². The van der Waals surface area contributed by atoms with Gasteiger partial charge in [0.2, 0.25) is 17.7 Å². The summed E-state index contributed by atoms with van der Waals surface area (Å²) >= 11 is 1.43. The van der Waals surface area contributed by atoms with Gasteiger partial charge in [0.15, 0.2) is 0 Å². The van der Waals surface area contributed by atoms with Crippen LogP contribution in [0.4, 0.5) is 0 Å². The Morgan fingerprint density at radius 3 is 2.07 bits per heavy atom. The molecule has 154 valence electrons. The van der Waals surface area contributed by atoms with Gasteiger partial charge in [-0.2, -0.15) is 11.8 Å². The molecular formula is C15H26N4O7S. The Labute approximate surface area is 160 Å². The molecule has 0 bridgehead atoms. The largest absolute Gasteiger partial charge is 0.481 e. The lowest BCUT2D eigenvalue weighted by Crippen LogP contribution is -2.55. The number of aliphatic carboxylic acids is 2. The number of nitrogens with two attached hydrogens (primary N) is 1. The molecule has 0 saturated heterocycles. The number of hydrogen-bond acceptors (Lipinski definition) is 7. The highest BCUT2D eigenvalue weighted by molar-refractivity contribution is 7.98. The van der Waals surface area contributed by atoms with Crippen LogP contribution in [0.3, 0.4) is 0 Å². The van der Waals surface area contributed by atoms with E-state index in [-0.39, 0.29) is 25.8 Å². The molecule has 0 heterocycles. The van der Waals surface area contributed by atoms with Crippen molar-refractivity contribution in [3.8, 4) is 0 Å². The molecule has 3 atom stereocenters. The maximum Gasteiger partial charge on any atom is 0.326 e. The van der Waals surface area contributed by atoms with E-state index in [2.05, 4.69) is 16.0 Å². The van der Waals surface area contributed by atoms with Gasteiger partial charge in [0.1, 0.15) is 18.1 Å². The Bertz CT molecular complexity index is 558. The molecule has 12 heteroatoms. The Morgan fingerprint density at radius 1 is 0.963 bits per heavy atom. The number of carbonyl (C=O) groups is 5. The van der Waals surface area contributed by atoms with Crippen LogP contribution < -0.4 is 21.7 Å². The summed E-state index contributed by atoms with van der Waals surface area (Å²) < 4.78 is 0. The van der Waals surface area contributed by atoms with Crippen molar-refractivity contribution in [2.24, 2.45) is 5.73 Å². The summed E-state index contributed by atoms with van der Waals surface area (Å²) in [6.45, 7) is 0.961. The van der Waals surface area contributed by atoms with Crippen molar-refractivity contribution in [3.05, 3.63) is 0 Å². The highest BCUT2D eigenvalue weighted by Crippen LogP contribution is 2.03. The Balaban J connectivity index is 4.86. The smallest absolute Gasteiger partial charge is 0.326 e. The first kappa shape index (κ1) is 24.7. The van der Waals surface area contributed by atoms with Gasteiger partial charge in [-0.05, 0) is 31.8 Å². The first-order valence-corrected chi connectivity index (χ1v) is 9.55. The van der Waals surface area contributed by atoms with Gasteiger partial charge in [0.25, 0.3) is 0 Å². The topological polar surface area (TPSA) is 188 Å². The number of nitrogens with one attached hydrogen (secondary N) is 3. The number of rotatable bonds is 13. The SMILES string of the molecule is CSCCC(NC(=O)C(C)NC(=O)C(CCC(=O)O)NC(=O)CN)C(=O)O. The van der Waals surface area contributed by atoms with E-state index in [1.54, 1.807) is 6.26 Å². The van der Waals surface area contributed by atoms with E-state index in [0.29, 0.717) is 5.75 Å². The lowest BCUT2D eigenvalue weighted by Gasteiger charge is -2.22. The summed E-state index contributed by atoms with van der Waals surface area (Å²) in [4.78, 5) is 57.6. The standard InChI is InChI=1S/C15H26N4O7S/c1-8(13(23)19-10(15(25)26)5-6-27-2)17-14(24)9(3-4-12(21)22)18-11(20)7-16/h8-10H,3-7,16H2,1-2H3,(H,17,24)(H,18,20)(H,19,23)(H,21,22)(H,25,26). The minimum Gasteiger partial charge on any atom is -0.481 e. The van der Waals surface area contributed by atoms with Gasteiger partial charge in [-0.1, -0.05) is 0 Å². The summed E-state index contributed by atoms with van der Waals surface area (Å²) in [5.74, 6) is -3.94. The second kappa shape index (κ2) is 12.9. The summed E-state index contributed by atoms with van der Waals surface area (Å²) in [6.07, 6.45) is 1.46. The van der Waals surface area contributed by atoms with Crippen molar-refractivity contribution in [2.75, 3.05) is 18.6 Å². The van der Waals surface area contributed by atoms with Crippen molar-refractivity contribution in [1.29, 1.82) is 0 Å². The zero-order valence-corrected chi connectivity index (χ0v) is 16.0. The quantitative estimate of drug-likeness (QED) is 0.203. The van der Waals surface area contributed by atoms with E-state index in [1.165, 1.54) is 18.7 Å². The van der Waals surface area contributed by atoms with Gasteiger partial charge in [0, 0.05) is 6.42 Å². The number of carboxylic acid groups (broad SMARTS) is 2. The predicted octanol–water partition coefficient (Wildman–Crippen LogP) is -1.88. The summed E-state index contributed by atoms with van der Waals surface area (Å²) in [7, 11) is 0. The van der Waals surface area contributed by atoms with Crippen molar-refractivity contribution < 1.29 is 34.2 Å². The fourth-order valence-corrected chi connectivity index (χ4v) is 2.43. The average molecular weight is 406 g/mol. The maximum atomic E-state index is 12.3. The Hall–Kier alpha value is -2.34. The maximum absolute atomic E-state index is 12.3. The van der Waals surface area contributed by atoms with Crippen molar-refractivity contribution in [3.63, 3.8) is 0 Å². The highest BCUT2D eigenvalue weighted by atomic mass is 32.2. The molecule has 3 unspecified atom stereocenters. The molecule has 11 nitrogen and oxygen atoms in total. The molecule has 0 aliphatic carbocycles. The summed E-state index contributed by atoms with van der Waals surface area (Å²) in [5.41, 5.74) is 5.17. The second-order valence-corrected chi connectivity index (χ2v) is 6.65. The molecule has 0 aromatic carbocycles. The normalized spacial score (nSPS) is 13.7. The Kier molecular flexibility index (Phi) is 11.8. The average Bonchev–Trinajstić information content (AvgIpc) is 2.60. The predicted molar refractivity (Wildman–Crippen MR) is 98.0 cm³/mol. The molecular weight excluding hydrogens is 380 g/mol. The highest BCUT2D eigenvalue weighted by Gasteiger charge is 2.27. The molecule has 0 aromatic rings. The molecule has 7 N–H and O–H groups in total. The Morgan fingerprint density at radius 2 is 1.59 bits per heavy atom. The minimum absolute atomic E-state index is 0.188. The zero-order chi connectivity index (χ0) is 21.0. The van der Waals surface area contributed by atoms with Gasteiger partial charge in [-0.15, -0.1) is 0 Å². The van der Waals surface area contributed by atoms with Gasteiger partial charge in [-0.3, -0.25) is 19.2 Å². The minimum atomic E-state index is -1.19. The number of hydrogen-bond donors (Lipinski definition) is 6. The van der Waals surface area contributed by atoms with Crippen LogP contribution in [-0.4, -0.2) is 76.6 Å². The van der Waals surface area contributed by atoms with Crippen LogP contribution >= 0.6 is 11.8 Å². The third-order valence-corrected chi connectivity index (χ3v) is 4.11. The molecule has 0 rings (SSSR count). The van der Waals surface area contributed by atoms with E-state index >= 15 is 0 Å². The van der Waals surface area contributed by atoms with Crippen LogP contribution in [-0.2, 0) is 24.0 Å². The van der Waals surface area contributed by atoms with E-state index in [0.717, 1.165) is 0 Å². The van der Waals surface area contributed by atoms with Crippen molar-refractivity contribution >= 4 is 41.4 Å². The summed E-state index contributed by atoms with van der Waals surface area (Å²) in [5, 5.41) is 24.8. The lowest BCUT2D eigenvalue weighted by molar-refractivity contribution is -0.142. The van der Waals surface area contributed by atoms with E-state index < -0.39 is 47.8 Å². The number of thioether (sulfide) groups is 1. The molecule has 0 spiro atoms. The summed E-state index contributed by atoms with van der Waals surface area (Å²) in [6, 6.07) is -3.36. The first-order valence-electron chi connectivity index (χ1n) is 8.16. The number of carboxylic acids is 2. The van der Waals surface area contributed by atoms with E-state index in [4.69, 9.17) is 15.9 Å². The van der Waals surface area contributed by atoms with Crippen LogP contribution in [0.5, 0.6) is 0 Å². The van der Waals surface area contributed by atoms with Gasteiger partial charge >= 0.3 is 11.9 Å². The molecule has 0 fully saturated rings. The molecule has 0 aliphatic heterocycles. The zero-order valence-electron chi connectivity index (χ0n) is 15.2. The van der Waals surface area contributed by atoms with Crippen LogP contribution in [0.25, 0.3) is 0 Å². The number of carbonyl (C=O) groups excluding carboxylic acids is 3. The molecule has 0 saturated carbocycles. The van der Waals surface area contributed by atoms with E-state index in [1.807, 2.05) is 0 Å². The molecule has 27 heavy (non-hydrogen) atoms. The third kappa shape index (κ3) is 10.4. The number of amides is 3. The molecule has 0 aromatic heterocycles. The van der Waals surface area contributed by atoms with Crippen LogP contribution in [0.1, 0.15) is 26.2 Å². The van der Waals surface area contributed by atoms with Crippen molar-refractivity contribution in [2.45, 2.75) is 44.3 Å². The fourth-order valence-electron chi connectivity index (χ4n) is 1.96. The van der Waals surface area contributed by atoms with E-state index in [9.17, 15) is 24.0 Å². The van der Waals surface area contributed by atoms with Gasteiger partial charge in [0.05, 0.1) is 6.54 Å². The van der Waals surface area contributed by atoms with Crippen LogP contribution in [0.2, 0.25) is 0 Å². The van der Waals surface area contributed by atoms with Gasteiger partial charge < -0.3 is 31.9 Å². The van der Waals surface area contributed by atoms with Crippen LogP contribution in [0, 0.1) is 0 Å². The fraction of sp³-hybridized carbons (Fsp3) is 0.667.